The number of Topliss-reactive ketones (excluding diaryl/α,β-unsaturated/α-hetero) is 1. The van der Waals surface area contributed by atoms with Gasteiger partial charge in [-0.2, -0.15) is 0 Å². The summed E-state index contributed by atoms with van der Waals surface area (Å²) in [5.74, 6) is -6.37. The second-order valence-electron chi connectivity index (χ2n) is 4.20. The molecule has 0 radical (unpaired) electrons. The van der Waals surface area contributed by atoms with Crippen LogP contribution in [0.3, 0.4) is 0 Å². The van der Waals surface area contributed by atoms with Gasteiger partial charge in [-0.1, -0.05) is 0 Å². The van der Waals surface area contributed by atoms with Gasteiger partial charge in [0.05, 0.1) is 6.04 Å². The van der Waals surface area contributed by atoms with Gasteiger partial charge in [0.15, 0.2) is 0 Å². The third-order valence-electron chi connectivity index (χ3n) is 2.48. The topological polar surface area (TPSA) is 184 Å². The number of carbonyl (C=O) groups excluding carboxylic acids is 2. The molecule has 0 heterocycles. The SMILES string of the molecule is N[C@H](CCC(=O)O)C(=O)C(=O)N[C@@H](CCC(=O)O)C(=O)O. The lowest BCUT2D eigenvalue weighted by molar-refractivity contribution is -0.145. The average Bonchev–Trinajstić information content (AvgIpc) is 2.38. The van der Waals surface area contributed by atoms with Crippen molar-refractivity contribution in [2.24, 2.45) is 5.73 Å². The van der Waals surface area contributed by atoms with E-state index < -0.39 is 60.9 Å². The summed E-state index contributed by atoms with van der Waals surface area (Å²) < 4.78 is 0. The lowest BCUT2D eigenvalue weighted by atomic mass is 10.1. The van der Waals surface area contributed by atoms with Crippen LogP contribution in [0.4, 0.5) is 0 Å². The van der Waals surface area contributed by atoms with Crippen LogP contribution in [0.15, 0.2) is 0 Å². The quantitative estimate of drug-likeness (QED) is 0.290. The first-order valence-corrected chi connectivity index (χ1v) is 5.91. The van der Waals surface area contributed by atoms with Crippen molar-refractivity contribution >= 4 is 29.6 Å². The van der Waals surface area contributed by atoms with Crippen LogP contribution in [0.5, 0.6) is 0 Å². The normalized spacial score (nSPS) is 13.0. The van der Waals surface area contributed by atoms with Crippen LogP contribution in [-0.4, -0.2) is 57.0 Å². The molecule has 0 saturated carbocycles. The monoisotopic (exact) mass is 304 g/mol. The minimum atomic E-state index is -1.54. The fourth-order valence-corrected chi connectivity index (χ4v) is 1.33. The predicted molar refractivity (Wildman–Crippen MR) is 66.3 cm³/mol. The number of amides is 1. The van der Waals surface area contributed by atoms with E-state index in [-0.39, 0.29) is 6.42 Å². The van der Waals surface area contributed by atoms with Crippen molar-refractivity contribution in [2.75, 3.05) is 0 Å². The molecule has 21 heavy (non-hydrogen) atoms. The van der Waals surface area contributed by atoms with E-state index >= 15 is 0 Å². The number of nitrogens with two attached hydrogens (primary N) is 1. The summed E-state index contributed by atoms with van der Waals surface area (Å²) in [6, 6.07) is -2.90. The van der Waals surface area contributed by atoms with E-state index in [1.807, 2.05) is 5.32 Å². The molecule has 6 N–H and O–H groups in total. The van der Waals surface area contributed by atoms with Gasteiger partial charge in [0.1, 0.15) is 6.04 Å². The first-order chi connectivity index (χ1) is 9.65. The predicted octanol–water partition coefficient (Wildman–Crippen LogP) is -1.82. The lowest BCUT2D eigenvalue weighted by Crippen LogP contribution is -2.49. The van der Waals surface area contributed by atoms with Gasteiger partial charge in [-0.25, -0.2) is 4.79 Å². The molecule has 0 spiro atoms. The Morgan fingerprint density at radius 2 is 1.38 bits per heavy atom. The Hall–Kier alpha value is -2.49. The number of carbonyl (C=O) groups is 5. The molecular weight excluding hydrogens is 288 g/mol. The number of carboxylic acids is 3. The first kappa shape index (κ1) is 18.5. The average molecular weight is 304 g/mol. The fraction of sp³-hybridized carbons (Fsp3) is 0.545. The minimum absolute atomic E-state index is 0.269. The summed E-state index contributed by atoms with van der Waals surface area (Å²) in [6.45, 7) is 0. The summed E-state index contributed by atoms with van der Waals surface area (Å²) in [5.41, 5.74) is 5.33. The first-order valence-electron chi connectivity index (χ1n) is 5.91. The summed E-state index contributed by atoms with van der Waals surface area (Å²) >= 11 is 0. The van der Waals surface area contributed by atoms with Gasteiger partial charge >= 0.3 is 17.9 Å². The van der Waals surface area contributed by atoms with Gasteiger partial charge in [-0.3, -0.25) is 19.2 Å². The van der Waals surface area contributed by atoms with E-state index in [0.29, 0.717) is 0 Å². The molecule has 10 heteroatoms. The summed E-state index contributed by atoms with van der Waals surface area (Å²) in [6.07, 6.45) is -1.58. The highest BCUT2D eigenvalue weighted by atomic mass is 16.4. The Bertz CT molecular complexity index is 448. The zero-order valence-corrected chi connectivity index (χ0v) is 10.9. The van der Waals surface area contributed by atoms with Crippen molar-refractivity contribution < 1.29 is 39.3 Å². The molecule has 2 atom stereocenters. The van der Waals surface area contributed by atoms with Crippen molar-refractivity contribution in [1.82, 2.24) is 5.32 Å². The van der Waals surface area contributed by atoms with Gasteiger partial charge in [-0.15, -0.1) is 0 Å². The number of aliphatic carboxylic acids is 3. The molecule has 1 amide bonds. The number of carboxylic acid groups (broad SMARTS) is 3. The maximum Gasteiger partial charge on any atom is 0.326 e. The highest BCUT2D eigenvalue weighted by molar-refractivity contribution is 6.38. The van der Waals surface area contributed by atoms with Crippen molar-refractivity contribution in [1.29, 1.82) is 0 Å². The second kappa shape index (κ2) is 8.64. The molecule has 118 valence electrons. The molecule has 10 nitrogen and oxygen atoms in total. The van der Waals surface area contributed by atoms with E-state index in [9.17, 15) is 24.0 Å². The number of rotatable bonds is 10. The third-order valence-corrected chi connectivity index (χ3v) is 2.48. The Balaban J connectivity index is 4.53. The standard InChI is InChI=1S/C11H16N2O8/c12-5(1-3-7(14)15)9(18)10(19)13-6(11(20)21)2-4-8(16)17/h5-6H,1-4,12H2,(H,13,19)(H,14,15)(H,16,17)(H,20,21)/t5-,6+/m1/s1. The van der Waals surface area contributed by atoms with Crippen molar-refractivity contribution in [2.45, 2.75) is 37.8 Å². The maximum atomic E-state index is 11.5. The Kier molecular flexibility index (Phi) is 7.61. The molecule has 0 aliphatic carbocycles. The van der Waals surface area contributed by atoms with Crippen LogP contribution >= 0.6 is 0 Å². The van der Waals surface area contributed by atoms with E-state index in [1.165, 1.54) is 0 Å². The fourth-order valence-electron chi connectivity index (χ4n) is 1.33. The zero-order valence-electron chi connectivity index (χ0n) is 10.9. The number of hydrogen-bond donors (Lipinski definition) is 5. The smallest absolute Gasteiger partial charge is 0.326 e. The van der Waals surface area contributed by atoms with Crippen molar-refractivity contribution in [3.05, 3.63) is 0 Å². The van der Waals surface area contributed by atoms with E-state index in [0.717, 1.165) is 0 Å². The largest absolute Gasteiger partial charge is 0.481 e. The van der Waals surface area contributed by atoms with E-state index in [2.05, 4.69) is 0 Å². The molecule has 0 aliphatic rings. The molecular formula is C11H16N2O8. The van der Waals surface area contributed by atoms with Crippen LogP contribution in [0.25, 0.3) is 0 Å². The molecule has 0 aromatic heterocycles. The molecule has 0 bridgehead atoms. The van der Waals surface area contributed by atoms with Crippen LogP contribution in [-0.2, 0) is 24.0 Å². The molecule has 0 fully saturated rings. The van der Waals surface area contributed by atoms with Gasteiger partial charge in [0.2, 0.25) is 5.78 Å². The van der Waals surface area contributed by atoms with Crippen LogP contribution in [0.1, 0.15) is 25.7 Å². The van der Waals surface area contributed by atoms with Crippen molar-refractivity contribution in [3.63, 3.8) is 0 Å². The van der Waals surface area contributed by atoms with E-state index in [1.54, 1.807) is 0 Å². The molecule has 0 saturated heterocycles. The third kappa shape index (κ3) is 7.62. The van der Waals surface area contributed by atoms with Gasteiger partial charge < -0.3 is 26.4 Å². The summed E-state index contributed by atoms with van der Waals surface area (Å²) in [4.78, 5) is 54.5. The van der Waals surface area contributed by atoms with Gasteiger partial charge in [-0.05, 0) is 12.8 Å². The molecule has 0 rings (SSSR count). The second-order valence-corrected chi connectivity index (χ2v) is 4.20. The highest BCUT2D eigenvalue weighted by Gasteiger charge is 2.27. The Labute approximate surface area is 118 Å². The number of ketones is 1. The van der Waals surface area contributed by atoms with E-state index in [4.69, 9.17) is 21.1 Å². The highest BCUT2D eigenvalue weighted by Crippen LogP contribution is 2.01. The molecule has 0 aromatic rings. The summed E-state index contributed by atoms with van der Waals surface area (Å²) in [5, 5.41) is 27.5. The maximum absolute atomic E-state index is 11.5. The number of nitrogens with one attached hydrogen (secondary N) is 1. The van der Waals surface area contributed by atoms with Gasteiger partial charge in [0, 0.05) is 12.8 Å². The minimum Gasteiger partial charge on any atom is -0.481 e. The van der Waals surface area contributed by atoms with Crippen LogP contribution < -0.4 is 11.1 Å². The summed E-state index contributed by atoms with van der Waals surface area (Å²) in [7, 11) is 0. The van der Waals surface area contributed by atoms with Crippen molar-refractivity contribution in [3.8, 4) is 0 Å². The molecule has 0 aromatic carbocycles. The van der Waals surface area contributed by atoms with Crippen LogP contribution in [0, 0.1) is 0 Å². The zero-order chi connectivity index (χ0) is 16.6. The Morgan fingerprint density at radius 1 is 0.905 bits per heavy atom. The molecule has 0 unspecified atom stereocenters. The van der Waals surface area contributed by atoms with Crippen LogP contribution in [0.2, 0.25) is 0 Å². The molecule has 0 aliphatic heterocycles. The lowest BCUT2D eigenvalue weighted by Gasteiger charge is -2.14. The number of hydrogen-bond acceptors (Lipinski definition) is 6. The Morgan fingerprint density at radius 3 is 1.81 bits per heavy atom. The van der Waals surface area contributed by atoms with Gasteiger partial charge in [0.25, 0.3) is 5.91 Å².